The van der Waals surface area contributed by atoms with Crippen LogP contribution in [0.25, 0.3) is 0 Å². The van der Waals surface area contributed by atoms with Crippen molar-refractivity contribution in [3.8, 4) is 0 Å². The molecule has 0 unspecified atom stereocenters. The fourth-order valence-electron chi connectivity index (χ4n) is 6.05. The third-order valence-corrected chi connectivity index (χ3v) is 10.2. The molecule has 0 bridgehead atoms. The molecule has 0 radical (unpaired) electrons. The standard InChI is InChI=1S/C28H32F4N4O5S/c29-21-13-24(32)26(42(39,40)35-6-8-41-9-7-35)12-20(21)28(38)34-15-17-2-1-5-36(17)27(37)14-25(33)18-4-3-16-10-22(30)23(31)11-19(16)18/h10-13,17-18,25H,1-9,14-15,33H2,(H,34,38)/t17-,18-,25-/m0/s1. The van der Waals surface area contributed by atoms with E-state index in [1.54, 1.807) is 4.90 Å². The lowest BCUT2D eigenvalue weighted by atomic mass is 9.91. The van der Waals surface area contributed by atoms with E-state index in [9.17, 15) is 35.6 Å². The molecule has 0 saturated carbocycles. The van der Waals surface area contributed by atoms with E-state index in [0.29, 0.717) is 55.5 Å². The first-order valence-corrected chi connectivity index (χ1v) is 15.3. The number of halogens is 4. The molecule has 3 atom stereocenters. The van der Waals surface area contributed by atoms with Gasteiger partial charge in [-0.25, -0.2) is 26.0 Å². The molecule has 3 N–H and O–H groups in total. The van der Waals surface area contributed by atoms with Gasteiger partial charge in [-0.1, -0.05) is 0 Å². The Kier molecular flexibility index (Phi) is 8.88. The number of hydrogen-bond acceptors (Lipinski definition) is 6. The number of likely N-dealkylation sites (tertiary alicyclic amines) is 1. The number of nitrogens with one attached hydrogen (secondary N) is 1. The van der Waals surface area contributed by atoms with Crippen LogP contribution in [0, 0.1) is 23.3 Å². The van der Waals surface area contributed by atoms with Gasteiger partial charge in [-0.15, -0.1) is 0 Å². The third kappa shape index (κ3) is 6.03. The Morgan fingerprint density at radius 1 is 0.976 bits per heavy atom. The predicted molar refractivity (Wildman–Crippen MR) is 143 cm³/mol. The van der Waals surface area contributed by atoms with Crippen LogP contribution < -0.4 is 11.1 Å². The fourth-order valence-corrected chi connectivity index (χ4v) is 7.53. The second-order valence-corrected chi connectivity index (χ2v) is 12.8. The number of morpholine rings is 1. The lowest BCUT2D eigenvalue weighted by Gasteiger charge is -2.28. The topological polar surface area (TPSA) is 122 Å². The normalized spacial score (nSPS) is 21.8. The molecule has 0 spiro atoms. The molecule has 2 saturated heterocycles. The van der Waals surface area contributed by atoms with E-state index in [2.05, 4.69) is 5.32 Å². The molecule has 9 nitrogen and oxygen atoms in total. The van der Waals surface area contributed by atoms with E-state index in [-0.39, 0.29) is 51.1 Å². The number of hydrogen-bond donors (Lipinski definition) is 2. The number of amides is 2. The number of ether oxygens (including phenoxy) is 1. The molecule has 5 rings (SSSR count). The molecule has 2 aliphatic heterocycles. The van der Waals surface area contributed by atoms with E-state index in [0.717, 1.165) is 10.4 Å². The van der Waals surface area contributed by atoms with Crippen molar-refractivity contribution in [1.82, 2.24) is 14.5 Å². The zero-order valence-corrected chi connectivity index (χ0v) is 23.6. The lowest BCUT2D eigenvalue weighted by Crippen LogP contribution is -2.45. The average molecular weight is 613 g/mol. The number of carbonyl (C=O) groups is 2. The van der Waals surface area contributed by atoms with Crippen LogP contribution in [-0.2, 0) is 26.0 Å². The van der Waals surface area contributed by atoms with Crippen LogP contribution in [0.3, 0.4) is 0 Å². The summed E-state index contributed by atoms with van der Waals surface area (Å²) in [4.78, 5) is 26.9. The predicted octanol–water partition coefficient (Wildman–Crippen LogP) is 2.43. The van der Waals surface area contributed by atoms with Crippen molar-refractivity contribution in [3.05, 3.63) is 64.2 Å². The molecule has 1 aliphatic carbocycles. The van der Waals surface area contributed by atoms with E-state index >= 15 is 0 Å². The number of nitrogens with zero attached hydrogens (tertiary/aromatic N) is 2. The van der Waals surface area contributed by atoms with Gasteiger partial charge >= 0.3 is 0 Å². The summed E-state index contributed by atoms with van der Waals surface area (Å²) in [5.41, 5.74) is 7.01. The van der Waals surface area contributed by atoms with Gasteiger partial charge in [-0.05, 0) is 55.0 Å². The van der Waals surface area contributed by atoms with Gasteiger partial charge in [-0.2, -0.15) is 4.31 Å². The number of sulfonamides is 1. The molecule has 42 heavy (non-hydrogen) atoms. The summed E-state index contributed by atoms with van der Waals surface area (Å²) < 4.78 is 88.7. The number of rotatable bonds is 8. The monoisotopic (exact) mass is 612 g/mol. The fraction of sp³-hybridized carbons (Fsp3) is 0.500. The summed E-state index contributed by atoms with van der Waals surface area (Å²) in [7, 11) is -4.33. The SMILES string of the molecule is N[C@@H](CC(=O)N1CCC[C@H]1CNC(=O)c1cc(S(=O)(=O)N2CCOCC2)c(F)cc1F)[C@H]1CCc2cc(F)c(F)cc21. The number of aryl methyl sites for hydroxylation is 1. The van der Waals surface area contributed by atoms with Gasteiger partial charge in [-0.3, -0.25) is 9.59 Å². The summed E-state index contributed by atoms with van der Waals surface area (Å²) >= 11 is 0. The molecule has 228 valence electrons. The van der Waals surface area contributed by atoms with E-state index in [1.807, 2.05) is 0 Å². The molecular weight excluding hydrogens is 580 g/mol. The second-order valence-electron chi connectivity index (χ2n) is 10.9. The highest BCUT2D eigenvalue weighted by atomic mass is 32.2. The molecule has 3 aliphatic rings. The minimum Gasteiger partial charge on any atom is -0.379 e. The number of carbonyl (C=O) groups excluding carboxylic acids is 2. The van der Waals surface area contributed by atoms with Gasteiger partial charge in [0.15, 0.2) is 11.6 Å². The van der Waals surface area contributed by atoms with Crippen molar-refractivity contribution in [2.75, 3.05) is 39.4 Å². The summed E-state index contributed by atoms with van der Waals surface area (Å²) in [6.07, 6.45) is 2.28. The number of nitrogens with two attached hydrogens (primary N) is 1. The van der Waals surface area contributed by atoms with Gasteiger partial charge in [0.05, 0.1) is 18.8 Å². The first-order valence-electron chi connectivity index (χ1n) is 13.9. The quantitative estimate of drug-likeness (QED) is 0.442. The van der Waals surface area contributed by atoms with Crippen LogP contribution in [0.15, 0.2) is 29.2 Å². The molecule has 2 aromatic carbocycles. The van der Waals surface area contributed by atoms with Crippen molar-refractivity contribution in [1.29, 1.82) is 0 Å². The summed E-state index contributed by atoms with van der Waals surface area (Å²) in [6, 6.07) is 2.33. The highest BCUT2D eigenvalue weighted by molar-refractivity contribution is 7.89. The first-order chi connectivity index (χ1) is 20.0. The average Bonchev–Trinajstić information content (AvgIpc) is 3.59. The zero-order chi connectivity index (χ0) is 30.2. The maximum atomic E-state index is 14.6. The van der Waals surface area contributed by atoms with Crippen molar-refractivity contribution < 1.29 is 40.3 Å². The number of fused-ring (bicyclic) bond motifs is 1. The Hall–Kier alpha value is -3.07. The molecule has 2 amide bonds. The summed E-state index contributed by atoms with van der Waals surface area (Å²) in [5, 5.41) is 2.55. The van der Waals surface area contributed by atoms with E-state index in [4.69, 9.17) is 10.5 Å². The molecular formula is C28H32F4N4O5S. The molecule has 0 aromatic heterocycles. The van der Waals surface area contributed by atoms with Crippen molar-refractivity contribution >= 4 is 21.8 Å². The first kappa shape index (κ1) is 30.4. The third-order valence-electron chi connectivity index (χ3n) is 8.28. The van der Waals surface area contributed by atoms with Crippen LogP contribution in [0.1, 0.15) is 53.1 Å². The van der Waals surface area contributed by atoms with E-state index < -0.39 is 61.7 Å². The Labute approximate surface area is 241 Å². The van der Waals surface area contributed by atoms with Crippen LogP contribution in [-0.4, -0.2) is 80.9 Å². The maximum absolute atomic E-state index is 14.6. The smallest absolute Gasteiger partial charge is 0.254 e. The Morgan fingerprint density at radius 2 is 1.69 bits per heavy atom. The summed E-state index contributed by atoms with van der Waals surface area (Å²) in [5.74, 6) is -5.92. The highest BCUT2D eigenvalue weighted by Crippen LogP contribution is 2.37. The van der Waals surface area contributed by atoms with Gasteiger partial charge in [0, 0.05) is 56.7 Å². The Bertz CT molecular complexity index is 1490. The molecule has 14 heteroatoms. The van der Waals surface area contributed by atoms with Gasteiger partial charge in [0.1, 0.15) is 16.5 Å². The minimum atomic E-state index is -4.33. The second kappa shape index (κ2) is 12.3. The minimum absolute atomic E-state index is 0.00141. The highest BCUT2D eigenvalue weighted by Gasteiger charge is 2.35. The summed E-state index contributed by atoms with van der Waals surface area (Å²) in [6.45, 7) is 0.628. The van der Waals surface area contributed by atoms with Gasteiger partial charge < -0.3 is 20.7 Å². The van der Waals surface area contributed by atoms with Crippen LogP contribution >= 0.6 is 0 Å². The zero-order valence-electron chi connectivity index (χ0n) is 22.8. The Balaban J connectivity index is 1.23. The molecule has 2 fully saturated rings. The van der Waals surface area contributed by atoms with Crippen molar-refractivity contribution in [2.45, 2.75) is 55.0 Å². The Morgan fingerprint density at radius 3 is 2.43 bits per heavy atom. The lowest BCUT2D eigenvalue weighted by molar-refractivity contribution is -0.132. The van der Waals surface area contributed by atoms with Gasteiger partial charge in [0.2, 0.25) is 15.9 Å². The largest absolute Gasteiger partial charge is 0.379 e. The van der Waals surface area contributed by atoms with Gasteiger partial charge in [0.25, 0.3) is 5.91 Å². The van der Waals surface area contributed by atoms with Crippen molar-refractivity contribution in [2.24, 2.45) is 5.73 Å². The molecule has 2 aromatic rings. The molecule has 2 heterocycles. The van der Waals surface area contributed by atoms with Crippen molar-refractivity contribution in [3.63, 3.8) is 0 Å². The maximum Gasteiger partial charge on any atom is 0.254 e. The number of benzene rings is 2. The van der Waals surface area contributed by atoms with E-state index in [1.165, 1.54) is 6.07 Å². The van der Waals surface area contributed by atoms with Crippen LogP contribution in [0.4, 0.5) is 17.6 Å². The van der Waals surface area contributed by atoms with Crippen LogP contribution in [0.2, 0.25) is 0 Å². The van der Waals surface area contributed by atoms with Crippen LogP contribution in [0.5, 0.6) is 0 Å².